The van der Waals surface area contributed by atoms with E-state index in [4.69, 9.17) is 5.73 Å². The molecule has 0 radical (unpaired) electrons. The first-order chi connectivity index (χ1) is 5.20. The van der Waals surface area contributed by atoms with Crippen molar-refractivity contribution in [3.05, 3.63) is 24.0 Å². The molecule has 1 aromatic rings. The van der Waals surface area contributed by atoms with Crippen LogP contribution in [0.1, 0.15) is 17.4 Å². The number of hydrogen-bond acceptors (Lipinski definition) is 3. The Hall–Kier alpha value is -0.740. The van der Waals surface area contributed by atoms with E-state index in [1.54, 1.807) is 25.3 Å². The Morgan fingerprint density at radius 2 is 2.55 bits per heavy atom. The van der Waals surface area contributed by atoms with Crippen molar-refractivity contribution < 1.29 is 4.79 Å². The van der Waals surface area contributed by atoms with Gasteiger partial charge in [-0.05, 0) is 19.1 Å². The molecule has 3 nitrogen and oxygen atoms in total. The predicted molar refractivity (Wildman–Crippen MR) is 46.4 cm³/mol. The van der Waals surface area contributed by atoms with Gasteiger partial charge in [0.15, 0.2) is 0 Å². The van der Waals surface area contributed by atoms with Gasteiger partial charge in [-0.2, -0.15) is 0 Å². The third kappa shape index (κ3) is 2.40. The molecule has 0 saturated heterocycles. The Morgan fingerprint density at radius 1 is 1.82 bits per heavy atom. The molecule has 1 rings (SSSR count). The standard InChI is InChI=1S/C7H10N2OS/c1-5(8)11-7(10)6-3-2-4-9-6/h2-5,9H,8H2,1H3. The summed E-state index contributed by atoms with van der Waals surface area (Å²) in [6.07, 6.45) is 1.72. The second-order valence-corrected chi connectivity index (χ2v) is 3.54. The van der Waals surface area contributed by atoms with Crippen molar-refractivity contribution in [1.29, 1.82) is 0 Å². The molecule has 1 heterocycles. The van der Waals surface area contributed by atoms with Crippen molar-refractivity contribution in [3.63, 3.8) is 0 Å². The van der Waals surface area contributed by atoms with Gasteiger partial charge in [0.05, 0.1) is 11.1 Å². The van der Waals surface area contributed by atoms with Gasteiger partial charge < -0.3 is 10.7 Å². The predicted octanol–water partition coefficient (Wildman–Crippen LogP) is 1.19. The number of H-pyrrole nitrogens is 1. The zero-order valence-electron chi connectivity index (χ0n) is 6.20. The summed E-state index contributed by atoms with van der Waals surface area (Å²) in [5, 5.41) is -0.157. The minimum Gasteiger partial charge on any atom is -0.358 e. The Kier molecular flexibility index (Phi) is 2.73. The van der Waals surface area contributed by atoms with Crippen molar-refractivity contribution in [2.75, 3.05) is 0 Å². The maximum absolute atomic E-state index is 11.2. The summed E-state index contributed by atoms with van der Waals surface area (Å²) in [6.45, 7) is 1.78. The largest absolute Gasteiger partial charge is 0.358 e. The molecule has 60 valence electrons. The van der Waals surface area contributed by atoms with E-state index in [0.717, 1.165) is 11.8 Å². The minimum atomic E-state index is -0.147. The lowest BCUT2D eigenvalue weighted by atomic mass is 10.5. The summed E-state index contributed by atoms with van der Waals surface area (Å²) in [7, 11) is 0. The van der Waals surface area contributed by atoms with Crippen LogP contribution in [-0.2, 0) is 0 Å². The molecule has 1 unspecified atom stereocenters. The van der Waals surface area contributed by atoms with Crippen molar-refractivity contribution in [1.82, 2.24) is 4.98 Å². The van der Waals surface area contributed by atoms with Gasteiger partial charge in [-0.15, -0.1) is 0 Å². The SMILES string of the molecule is CC(N)SC(=O)c1ccc[nH]1. The molecular formula is C7H10N2OS. The topological polar surface area (TPSA) is 58.9 Å². The number of nitrogens with one attached hydrogen (secondary N) is 1. The normalized spacial score (nSPS) is 12.9. The second kappa shape index (κ2) is 3.59. The van der Waals surface area contributed by atoms with E-state index in [-0.39, 0.29) is 10.5 Å². The number of carbonyl (C=O) groups excluding carboxylic acids is 1. The molecule has 0 saturated carbocycles. The van der Waals surface area contributed by atoms with Crippen molar-refractivity contribution >= 4 is 16.9 Å². The number of thioether (sulfide) groups is 1. The van der Waals surface area contributed by atoms with Crippen molar-refractivity contribution in [2.24, 2.45) is 5.73 Å². The zero-order chi connectivity index (χ0) is 8.27. The maximum Gasteiger partial charge on any atom is 0.237 e. The van der Waals surface area contributed by atoms with Gasteiger partial charge in [-0.25, -0.2) is 0 Å². The monoisotopic (exact) mass is 170 g/mol. The van der Waals surface area contributed by atoms with Crippen LogP contribution in [0, 0.1) is 0 Å². The minimum absolute atomic E-state index is 0.00926. The van der Waals surface area contributed by atoms with E-state index in [1.807, 2.05) is 0 Å². The summed E-state index contributed by atoms with van der Waals surface area (Å²) >= 11 is 1.12. The fourth-order valence-corrected chi connectivity index (χ4v) is 1.28. The average molecular weight is 170 g/mol. The highest BCUT2D eigenvalue weighted by molar-refractivity contribution is 8.14. The molecule has 1 atom stereocenters. The third-order valence-corrected chi connectivity index (χ3v) is 1.92. The summed E-state index contributed by atoms with van der Waals surface area (Å²) in [4.78, 5) is 14.0. The molecule has 0 spiro atoms. The van der Waals surface area contributed by atoms with Gasteiger partial charge in [0.2, 0.25) is 5.12 Å². The number of hydrogen-bond donors (Lipinski definition) is 2. The molecule has 0 aliphatic rings. The van der Waals surface area contributed by atoms with Crippen LogP contribution in [0.5, 0.6) is 0 Å². The van der Waals surface area contributed by atoms with Crippen LogP contribution in [0.4, 0.5) is 0 Å². The van der Waals surface area contributed by atoms with Crippen LogP contribution < -0.4 is 5.73 Å². The number of nitrogens with two attached hydrogens (primary N) is 1. The fourth-order valence-electron chi connectivity index (χ4n) is 0.690. The van der Waals surface area contributed by atoms with E-state index >= 15 is 0 Å². The van der Waals surface area contributed by atoms with Gasteiger partial charge >= 0.3 is 0 Å². The first-order valence-corrected chi connectivity index (χ1v) is 4.18. The van der Waals surface area contributed by atoms with Crippen LogP contribution in [-0.4, -0.2) is 15.5 Å². The van der Waals surface area contributed by atoms with E-state index in [9.17, 15) is 4.79 Å². The van der Waals surface area contributed by atoms with Crippen molar-refractivity contribution in [2.45, 2.75) is 12.3 Å². The first-order valence-electron chi connectivity index (χ1n) is 3.30. The average Bonchev–Trinajstić information content (AvgIpc) is 2.35. The summed E-state index contributed by atoms with van der Waals surface area (Å²) < 4.78 is 0. The molecule has 3 N–H and O–H groups in total. The highest BCUT2D eigenvalue weighted by atomic mass is 32.2. The highest BCUT2D eigenvalue weighted by Crippen LogP contribution is 2.12. The summed E-state index contributed by atoms with van der Waals surface area (Å²) in [6, 6.07) is 3.52. The van der Waals surface area contributed by atoms with Crippen LogP contribution in [0.2, 0.25) is 0 Å². The van der Waals surface area contributed by atoms with Crippen LogP contribution >= 0.6 is 11.8 Å². The summed E-state index contributed by atoms with van der Waals surface area (Å²) in [5.74, 6) is 0. The number of aromatic amines is 1. The molecule has 0 amide bonds. The van der Waals surface area contributed by atoms with Crippen LogP contribution in [0.3, 0.4) is 0 Å². The molecular weight excluding hydrogens is 160 g/mol. The number of aromatic nitrogens is 1. The second-order valence-electron chi connectivity index (χ2n) is 2.19. The zero-order valence-corrected chi connectivity index (χ0v) is 7.02. The van der Waals surface area contributed by atoms with Crippen LogP contribution in [0.25, 0.3) is 0 Å². The fraction of sp³-hybridized carbons (Fsp3) is 0.286. The lowest BCUT2D eigenvalue weighted by Gasteiger charge is -2.00. The molecule has 1 aromatic heterocycles. The first kappa shape index (κ1) is 8.36. The lowest BCUT2D eigenvalue weighted by molar-refractivity contribution is 0.108. The van der Waals surface area contributed by atoms with Gasteiger partial charge in [0, 0.05) is 6.20 Å². The van der Waals surface area contributed by atoms with E-state index in [2.05, 4.69) is 4.98 Å². The Bertz CT molecular complexity index is 231. The molecule has 0 aromatic carbocycles. The number of rotatable bonds is 2. The lowest BCUT2D eigenvalue weighted by Crippen LogP contribution is -2.12. The third-order valence-electron chi connectivity index (χ3n) is 1.11. The van der Waals surface area contributed by atoms with Gasteiger partial charge in [0.25, 0.3) is 0 Å². The smallest absolute Gasteiger partial charge is 0.237 e. The number of carbonyl (C=O) groups is 1. The van der Waals surface area contributed by atoms with E-state index in [1.165, 1.54) is 0 Å². The Labute approximate surface area is 69.4 Å². The van der Waals surface area contributed by atoms with E-state index < -0.39 is 0 Å². The van der Waals surface area contributed by atoms with Gasteiger partial charge in [0.1, 0.15) is 0 Å². The molecule has 4 heteroatoms. The molecule has 0 aliphatic heterocycles. The Morgan fingerprint density at radius 3 is 3.00 bits per heavy atom. The highest BCUT2D eigenvalue weighted by Gasteiger charge is 2.08. The summed E-state index contributed by atoms with van der Waals surface area (Å²) in [5.41, 5.74) is 6.03. The van der Waals surface area contributed by atoms with Gasteiger partial charge in [-0.1, -0.05) is 11.8 Å². The van der Waals surface area contributed by atoms with Crippen molar-refractivity contribution in [3.8, 4) is 0 Å². The maximum atomic E-state index is 11.2. The van der Waals surface area contributed by atoms with E-state index in [0.29, 0.717) is 5.69 Å². The molecule has 0 aliphatic carbocycles. The molecule has 11 heavy (non-hydrogen) atoms. The van der Waals surface area contributed by atoms with Crippen LogP contribution in [0.15, 0.2) is 18.3 Å². The van der Waals surface area contributed by atoms with Gasteiger partial charge in [-0.3, -0.25) is 4.79 Å². The molecule has 0 bridgehead atoms. The quantitative estimate of drug-likeness (QED) is 0.655. The molecule has 0 fully saturated rings. The Balaban J connectivity index is 2.57.